The number of halogens is 2. The van der Waals surface area contributed by atoms with Crippen LogP contribution >= 0.6 is 15.9 Å². The molecule has 1 heterocycles. The molecule has 2 aromatic rings. The summed E-state index contributed by atoms with van der Waals surface area (Å²) in [5, 5.41) is 19.7. The molecule has 2 aromatic carbocycles. The van der Waals surface area contributed by atoms with Crippen LogP contribution < -0.4 is 4.74 Å². The summed E-state index contributed by atoms with van der Waals surface area (Å²) in [6.45, 7) is 0. The molecular weight excluding hydrogens is 327 g/mol. The summed E-state index contributed by atoms with van der Waals surface area (Å²) in [7, 11) is 0. The molecule has 1 aliphatic heterocycles. The lowest BCUT2D eigenvalue weighted by Gasteiger charge is -2.30. The van der Waals surface area contributed by atoms with Gasteiger partial charge in [0.1, 0.15) is 23.4 Å². The maximum atomic E-state index is 13.3. The lowest BCUT2D eigenvalue weighted by Crippen LogP contribution is -2.19. The molecule has 0 amide bonds. The van der Waals surface area contributed by atoms with Crippen LogP contribution in [0.5, 0.6) is 11.5 Å². The molecule has 0 aliphatic carbocycles. The summed E-state index contributed by atoms with van der Waals surface area (Å²) >= 11 is 3.35. The van der Waals surface area contributed by atoms with Gasteiger partial charge in [0.25, 0.3) is 0 Å². The molecule has 3 rings (SSSR count). The van der Waals surface area contributed by atoms with Crippen molar-refractivity contribution < 1.29 is 19.3 Å². The average molecular weight is 339 g/mol. The van der Waals surface area contributed by atoms with Crippen LogP contribution in [0.25, 0.3) is 0 Å². The first kappa shape index (κ1) is 13.4. The van der Waals surface area contributed by atoms with E-state index in [0.29, 0.717) is 23.3 Å². The molecule has 2 atom stereocenters. The van der Waals surface area contributed by atoms with Crippen molar-refractivity contribution in [2.24, 2.45) is 0 Å². The van der Waals surface area contributed by atoms with Crippen LogP contribution in [0.4, 0.5) is 4.39 Å². The van der Waals surface area contributed by atoms with E-state index in [9.17, 15) is 14.6 Å². The number of hydrogen-bond donors (Lipinski definition) is 2. The Hall–Kier alpha value is -1.59. The Labute approximate surface area is 123 Å². The molecule has 104 valence electrons. The van der Waals surface area contributed by atoms with Crippen molar-refractivity contribution in [1.82, 2.24) is 0 Å². The third kappa shape index (κ3) is 2.51. The van der Waals surface area contributed by atoms with Gasteiger partial charge in [0.2, 0.25) is 0 Å². The minimum absolute atomic E-state index is 0.153. The minimum Gasteiger partial charge on any atom is -0.508 e. The van der Waals surface area contributed by atoms with Crippen LogP contribution in [0.1, 0.15) is 29.8 Å². The van der Waals surface area contributed by atoms with E-state index in [1.165, 1.54) is 12.1 Å². The standard InChI is InChI=1S/C15H12BrFO3/c16-9-1-2-14-12(5-9)13(19)7-15(20-14)8-3-10(17)6-11(18)4-8/h1-6,13,15,18-19H,7H2/t13-,15?/m1/s1. The lowest BCUT2D eigenvalue weighted by atomic mass is 9.95. The monoisotopic (exact) mass is 338 g/mol. The number of aromatic hydroxyl groups is 1. The number of ether oxygens (including phenoxy) is 1. The quantitative estimate of drug-likeness (QED) is 0.830. The Bertz CT molecular complexity index is 639. The maximum Gasteiger partial charge on any atom is 0.127 e. The van der Waals surface area contributed by atoms with Gasteiger partial charge in [-0.15, -0.1) is 0 Å². The van der Waals surface area contributed by atoms with E-state index in [0.717, 1.165) is 10.5 Å². The molecule has 0 spiro atoms. The van der Waals surface area contributed by atoms with E-state index in [1.807, 2.05) is 6.07 Å². The zero-order valence-electron chi connectivity index (χ0n) is 10.4. The molecular formula is C15H12BrFO3. The molecule has 2 N–H and O–H groups in total. The van der Waals surface area contributed by atoms with Crippen molar-refractivity contribution in [1.29, 1.82) is 0 Å². The molecule has 20 heavy (non-hydrogen) atoms. The average Bonchev–Trinajstić information content (AvgIpc) is 2.38. The highest BCUT2D eigenvalue weighted by atomic mass is 79.9. The summed E-state index contributed by atoms with van der Waals surface area (Å²) in [6, 6.07) is 9.17. The van der Waals surface area contributed by atoms with Gasteiger partial charge in [-0.3, -0.25) is 0 Å². The van der Waals surface area contributed by atoms with Crippen LogP contribution in [-0.4, -0.2) is 10.2 Å². The predicted octanol–water partition coefficient (Wildman–Crippen LogP) is 3.85. The molecule has 1 unspecified atom stereocenters. The van der Waals surface area contributed by atoms with Crippen LogP contribution in [0.2, 0.25) is 0 Å². The van der Waals surface area contributed by atoms with E-state index in [4.69, 9.17) is 4.74 Å². The highest BCUT2D eigenvalue weighted by molar-refractivity contribution is 9.10. The Balaban J connectivity index is 1.96. The van der Waals surface area contributed by atoms with Gasteiger partial charge < -0.3 is 14.9 Å². The second-order valence-corrected chi connectivity index (χ2v) is 5.70. The Morgan fingerprint density at radius 3 is 2.75 bits per heavy atom. The second kappa shape index (κ2) is 5.07. The number of aliphatic hydroxyl groups is 1. The molecule has 0 fully saturated rings. The van der Waals surface area contributed by atoms with Gasteiger partial charge in [-0.2, -0.15) is 0 Å². The van der Waals surface area contributed by atoms with Crippen molar-refractivity contribution >= 4 is 15.9 Å². The summed E-state index contributed by atoms with van der Waals surface area (Å²) in [4.78, 5) is 0. The first-order valence-electron chi connectivity index (χ1n) is 6.16. The van der Waals surface area contributed by atoms with Crippen LogP contribution in [-0.2, 0) is 0 Å². The largest absolute Gasteiger partial charge is 0.508 e. The van der Waals surface area contributed by atoms with Gasteiger partial charge in [0.15, 0.2) is 0 Å². The van der Waals surface area contributed by atoms with Gasteiger partial charge in [-0.1, -0.05) is 15.9 Å². The van der Waals surface area contributed by atoms with E-state index in [2.05, 4.69) is 15.9 Å². The number of hydrogen-bond acceptors (Lipinski definition) is 3. The first-order chi connectivity index (χ1) is 9.52. The lowest BCUT2D eigenvalue weighted by molar-refractivity contribution is 0.0654. The van der Waals surface area contributed by atoms with Gasteiger partial charge in [-0.25, -0.2) is 4.39 Å². The Morgan fingerprint density at radius 1 is 1.20 bits per heavy atom. The number of benzene rings is 2. The summed E-state index contributed by atoms with van der Waals surface area (Å²) in [6.07, 6.45) is -0.862. The van der Waals surface area contributed by atoms with Gasteiger partial charge in [-0.05, 0) is 35.9 Å². The number of aliphatic hydroxyl groups excluding tert-OH is 1. The topological polar surface area (TPSA) is 49.7 Å². The maximum absolute atomic E-state index is 13.3. The van der Waals surface area contributed by atoms with Gasteiger partial charge in [0, 0.05) is 22.5 Å². The molecule has 0 saturated carbocycles. The molecule has 0 aromatic heterocycles. The first-order valence-corrected chi connectivity index (χ1v) is 6.96. The zero-order chi connectivity index (χ0) is 14.3. The Kier molecular flexibility index (Phi) is 3.40. The number of phenolic OH excluding ortho intramolecular Hbond substituents is 1. The highest BCUT2D eigenvalue weighted by Gasteiger charge is 2.28. The fourth-order valence-electron chi connectivity index (χ4n) is 2.40. The van der Waals surface area contributed by atoms with Crippen molar-refractivity contribution in [3.8, 4) is 11.5 Å². The molecule has 0 saturated heterocycles. The fourth-order valence-corrected chi connectivity index (χ4v) is 2.78. The molecule has 0 bridgehead atoms. The molecule has 3 nitrogen and oxygen atoms in total. The van der Waals surface area contributed by atoms with Crippen molar-refractivity contribution in [2.45, 2.75) is 18.6 Å². The van der Waals surface area contributed by atoms with E-state index < -0.39 is 18.0 Å². The van der Waals surface area contributed by atoms with Crippen molar-refractivity contribution in [3.63, 3.8) is 0 Å². The minimum atomic E-state index is -0.688. The number of phenols is 1. The fraction of sp³-hybridized carbons (Fsp3) is 0.200. The van der Waals surface area contributed by atoms with Gasteiger partial charge in [0.05, 0.1) is 6.10 Å². The van der Waals surface area contributed by atoms with E-state index >= 15 is 0 Å². The molecule has 1 aliphatic rings. The van der Waals surface area contributed by atoms with Crippen LogP contribution in [0.3, 0.4) is 0 Å². The third-order valence-electron chi connectivity index (χ3n) is 3.31. The SMILES string of the molecule is Oc1cc(F)cc(C2C[C@@H](O)c3cc(Br)ccc3O2)c1. The van der Waals surface area contributed by atoms with E-state index in [1.54, 1.807) is 12.1 Å². The van der Waals surface area contributed by atoms with E-state index in [-0.39, 0.29) is 5.75 Å². The molecule has 0 radical (unpaired) electrons. The van der Waals surface area contributed by atoms with Crippen molar-refractivity contribution in [3.05, 3.63) is 57.8 Å². The van der Waals surface area contributed by atoms with Crippen LogP contribution in [0.15, 0.2) is 40.9 Å². The van der Waals surface area contributed by atoms with Crippen LogP contribution in [0, 0.1) is 5.82 Å². The molecule has 5 heteroatoms. The summed E-state index contributed by atoms with van der Waals surface area (Å²) in [5.74, 6) is -0.111. The number of rotatable bonds is 1. The van der Waals surface area contributed by atoms with Crippen molar-refractivity contribution in [2.75, 3.05) is 0 Å². The Morgan fingerprint density at radius 2 is 2.00 bits per heavy atom. The normalized spacial score (nSPS) is 21.1. The summed E-state index contributed by atoms with van der Waals surface area (Å²) in [5.41, 5.74) is 1.21. The van der Waals surface area contributed by atoms with Gasteiger partial charge >= 0.3 is 0 Å². The number of fused-ring (bicyclic) bond motifs is 1. The third-order valence-corrected chi connectivity index (χ3v) is 3.81. The highest BCUT2D eigenvalue weighted by Crippen LogP contribution is 2.42. The summed E-state index contributed by atoms with van der Waals surface area (Å²) < 4.78 is 20.0. The smallest absolute Gasteiger partial charge is 0.127 e. The second-order valence-electron chi connectivity index (χ2n) is 4.78. The zero-order valence-corrected chi connectivity index (χ0v) is 12.0. The predicted molar refractivity (Wildman–Crippen MR) is 75.2 cm³/mol.